The van der Waals surface area contributed by atoms with Crippen LogP contribution in [0.1, 0.15) is 23.6 Å². The van der Waals surface area contributed by atoms with Crippen molar-refractivity contribution in [1.29, 1.82) is 5.26 Å². The second-order valence-corrected chi connectivity index (χ2v) is 8.90. The second kappa shape index (κ2) is 8.80. The first-order chi connectivity index (χ1) is 17.6. The van der Waals surface area contributed by atoms with Crippen LogP contribution < -0.4 is 14.5 Å². The lowest BCUT2D eigenvalue weighted by Crippen LogP contribution is -2.70. The molecule has 0 radical (unpaired) electrons. The van der Waals surface area contributed by atoms with Gasteiger partial charge in [-0.1, -0.05) is 31.2 Å². The first kappa shape index (κ1) is 24.6. The van der Waals surface area contributed by atoms with Gasteiger partial charge in [-0.05, 0) is 60.5 Å². The van der Waals surface area contributed by atoms with Crippen molar-refractivity contribution in [3.63, 3.8) is 0 Å². The van der Waals surface area contributed by atoms with Gasteiger partial charge in [-0.15, -0.1) is 13.2 Å². The van der Waals surface area contributed by atoms with Crippen LogP contribution in [0, 0.1) is 11.3 Å². The maximum Gasteiger partial charge on any atom is 0.573 e. The second-order valence-electron chi connectivity index (χ2n) is 8.90. The topological polar surface area (TPSA) is 86.0 Å². The van der Waals surface area contributed by atoms with E-state index in [1.807, 2.05) is 25.1 Å². The number of carbonyl (C=O) groups is 1. The fraction of sp³-hybridized carbons (Fsp3) is 0.259. The number of anilines is 2. The summed E-state index contributed by atoms with van der Waals surface area (Å²) in [4.78, 5) is 16.7. The largest absolute Gasteiger partial charge is 0.573 e. The lowest BCUT2D eigenvalue weighted by Gasteiger charge is -2.51. The van der Waals surface area contributed by atoms with Crippen molar-refractivity contribution in [2.24, 2.45) is 0 Å². The number of alkyl halides is 3. The molecule has 1 unspecified atom stereocenters. The van der Waals surface area contributed by atoms with Gasteiger partial charge in [0.1, 0.15) is 11.3 Å². The lowest BCUT2D eigenvalue weighted by atomic mass is 9.78. The summed E-state index contributed by atoms with van der Waals surface area (Å²) in [6.45, 7) is 1.82. The van der Waals surface area contributed by atoms with Gasteiger partial charge in [0.05, 0.1) is 24.8 Å². The van der Waals surface area contributed by atoms with Gasteiger partial charge in [0.2, 0.25) is 5.72 Å². The molecule has 0 aliphatic carbocycles. The molecule has 1 atom stereocenters. The number of halogens is 3. The number of rotatable bonds is 5. The van der Waals surface area contributed by atoms with E-state index in [0.29, 0.717) is 16.9 Å². The summed E-state index contributed by atoms with van der Waals surface area (Å²) in [5.74, 6) is -0.528. The molecule has 2 aliphatic rings. The Labute approximate surface area is 210 Å². The van der Waals surface area contributed by atoms with Crippen molar-refractivity contribution in [2.45, 2.75) is 31.0 Å². The van der Waals surface area contributed by atoms with E-state index < -0.39 is 29.4 Å². The van der Waals surface area contributed by atoms with Gasteiger partial charge in [-0.2, -0.15) is 5.26 Å². The molecule has 0 saturated carbocycles. The number of hydrogen-bond acceptors (Lipinski definition) is 5. The van der Waals surface area contributed by atoms with Gasteiger partial charge in [-0.3, -0.25) is 9.80 Å². The van der Waals surface area contributed by atoms with Gasteiger partial charge in [0.25, 0.3) is 0 Å². The van der Waals surface area contributed by atoms with Crippen LogP contribution in [0.4, 0.5) is 29.3 Å². The maximum absolute atomic E-state index is 14.1. The molecule has 0 bridgehead atoms. The minimum absolute atomic E-state index is 0.0293. The number of nitriles is 1. The molecule has 3 aromatic carbocycles. The monoisotopic (exact) mass is 509 g/mol. The summed E-state index contributed by atoms with van der Waals surface area (Å²) in [6, 6.07) is 19.7. The molecule has 2 fully saturated rings. The highest BCUT2D eigenvalue weighted by atomic mass is 19.4. The minimum Gasteiger partial charge on any atom is -0.406 e. The van der Waals surface area contributed by atoms with E-state index in [0.717, 1.165) is 24.1 Å². The predicted octanol–water partition coefficient (Wildman–Crippen LogP) is 5.08. The zero-order valence-corrected chi connectivity index (χ0v) is 19.7. The molecule has 190 valence electrons. The minimum atomic E-state index is -4.94. The lowest BCUT2D eigenvalue weighted by molar-refractivity contribution is -0.274. The predicted molar refractivity (Wildman–Crippen MR) is 128 cm³/mol. The third-order valence-corrected chi connectivity index (χ3v) is 6.79. The van der Waals surface area contributed by atoms with Gasteiger partial charge in [-0.25, -0.2) is 4.79 Å². The van der Waals surface area contributed by atoms with Gasteiger partial charge in [0.15, 0.2) is 0 Å². The van der Waals surface area contributed by atoms with E-state index in [1.165, 1.54) is 21.9 Å². The Bertz CT molecular complexity index is 1370. The van der Waals surface area contributed by atoms with Crippen molar-refractivity contribution < 1.29 is 32.5 Å². The average Bonchev–Trinajstić information content (AvgIpc) is 3.07. The Balaban J connectivity index is 1.71. The molecule has 37 heavy (non-hydrogen) atoms. The number of nitrogens with zero attached hydrogens (tertiary/aromatic N) is 3. The van der Waals surface area contributed by atoms with Gasteiger partial charge >= 0.3 is 12.4 Å². The third kappa shape index (κ3) is 3.87. The fourth-order valence-electron chi connectivity index (χ4n) is 4.94. The van der Waals surface area contributed by atoms with Crippen LogP contribution in [0.25, 0.3) is 0 Å². The highest BCUT2D eigenvalue weighted by molar-refractivity contribution is 6.10. The normalized spacial score (nSPS) is 20.6. The highest BCUT2D eigenvalue weighted by Gasteiger charge is 2.72. The van der Waals surface area contributed by atoms with E-state index >= 15 is 0 Å². The van der Waals surface area contributed by atoms with Crippen LogP contribution >= 0.6 is 0 Å². The van der Waals surface area contributed by atoms with Gasteiger partial charge < -0.3 is 14.6 Å². The Morgan fingerprint density at radius 3 is 2.19 bits per heavy atom. The number of carbonyl (C=O) groups excluding carboxylic acids is 1. The first-order valence-corrected chi connectivity index (χ1v) is 11.5. The molecule has 5 rings (SSSR count). The van der Waals surface area contributed by atoms with E-state index in [9.17, 15) is 28.3 Å². The van der Waals surface area contributed by atoms with Crippen LogP contribution in [-0.2, 0) is 16.9 Å². The van der Waals surface area contributed by atoms with E-state index in [4.69, 9.17) is 4.74 Å². The van der Waals surface area contributed by atoms with Crippen molar-refractivity contribution in [2.75, 3.05) is 23.0 Å². The van der Waals surface area contributed by atoms with Gasteiger partial charge in [0, 0.05) is 16.9 Å². The zero-order chi connectivity index (χ0) is 26.4. The zero-order valence-electron chi connectivity index (χ0n) is 19.7. The standard InChI is InChI=1S/C27H22F3N3O4/c1-2-18-6-10-22(11-7-18)33-24(34)32(21-12-8-19(15-31)9-13-21)25(16-36-17-25)26(33,35)20-4-3-5-23(14-20)37-27(28,29)30/h3-14,35H,2,16-17H2,1H3. The number of hydrogen-bond donors (Lipinski definition) is 1. The fourth-order valence-corrected chi connectivity index (χ4v) is 4.94. The Morgan fingerprint density at radius 2 is 1.65 bits per heavy atom. The number of ether oxygens (including phenoxy) is 2. The summed E-state index contributed by atoms with van der Waals surface area (Å²) >= 11 is 0. The molecule has 2 aliphatic heterocycles. The maximum atomic E-state index is 14.1. The van der Waals surface area contributed by atoms with Crippen LogP contribution in [0.5, 0.6) is 5.75 Å². The quantitative estimate of drug-likeness (QED) is 0.519. The highest BCUT2D eigenvalue weighted by Crippen LogP contribution is 2.54. The number of aryl methyl sites for hydroxylation is 1. The van der Waals surface area contributed by atoms with Crippen LogP contribution in [0.3, 0.4) is 0 Å². The average molecular weight is 509 g/mol. The molecule has 7 nitrogen and oxygen atoms in total. The molecule has 10 heteroatoms. The molecule has 1 spiro atoms. The van der Waals surface area contributed by atoms with Crippen molar-refractivity contribution >= 4 is 17.4 Å². The Hall–Kier alpha value is -4.07. The molecule has 2 heterocycles. The summed E-state index contributed by atoms with van der Waals surface area (Å²) in [5.41, 5.74) is -1.33. The smallest absolute Gasteiger partial charge is 0.406 e. The third-order valence-electron chi connectivity index (χ3n) is 6.79. The summed E-state index contributed by atoms with van der Waals surface area (Å²) in [6.07, 6.45) is -4.18. The number of amides is 2. The van der Waals surface area contributed by atoms with E-state index in [-0.39, 0.29) is 18.8 Å². The molecule has 0 aromatic heterocycles. The number of aliphatic hydroxyl groups is 1. The van der Waals surface area contributed by atoms with E-state index in [2.05, 4.69) is 4.74 Å². The van der Waals surface area contributed by atoms with Crippen LogP contribution in [-0.4, -0.2) is 36.3 Å². The summed E-state index contributed by atoms with van der Waals surface area (Å²) in [7, 11) is 0. The summed E-state index contributed by atoms with van der Waals surface area (Å²) in [5, 5.41) is 21.7. The molecule has 3 aromatic rings. The van der Waals surface area contributed by atoms with Crippen LogP contribution in [0.2, 0.25) is 0 Å². The number of benzene rings is 3. The Morgan fingerprint density at radius 1 is 1.03 bits per heavy atom. The van der Waals surface area contributed by atoms with Crippen LogP contribution in [0.15, 0.2) is 72.8 Å². The molecular weight excluding hydrogens is 487 g/mol. The summed E-state index contributed by atoms with van der Waals surface area (Å²) < 4.78 is 48.6. The first-order valence-electron chi connectivity index (χ1n) is 11.5. The number of urea groups is 1. The molecule has 2 saturated heterocycles. The Kier molecular flexibility index (Phi) is 5.85. The van der Waals surface area contributed by atoms with E-state index in [1.54, 1.807) is 36.4 Å². The van der Waals surface area contributed by atoms with Crippen molar-refractivity contribution in [3.05, 3.63) is 89.5 Å². The van der Waals surface area contributed by atoms with Crippen molar-refractivity contribution in [1.82, 2.24) is 0 Å². The SMILES string of the molecule is CCc1ccc(N2C(=O)N(c3ccc(C#N)cc3)C3(COC3)C2(O)c2cccc(OC(F)(F)F)c2)cc1. The van der Waals surface area contributed by atoms with Crippen molar-refractivity contribution in [3.8, 4) is 11.8 Å². The molecule has 1 N–H and O–H groups in total. The molecule has 2 amide bonds. The molecular formula is C27H22F3N3O4.